The van der Waals surface area contributed by atoms with Crippen molar-refractivity contribution in [1.82, 2.24) is 30.0 Å². The summed E-state index contributed by atoms with van der Waals surface area (Å²) in [5.41, 5.74) is 2.99. The molecule has 4 rings (SSSR count). The van der Waals surface area contributed by atoms with Crippen molar-refractivity contribution in [2.75, 3.05) is 0 Å². The quantitative estimate of drug-likeness (QED) is 0.533. The lowest BCUT2D eigenvalue weighted by molar-refractivity contribution is 0.573. The van der Waals surface area contributed by atoms with Crippen LogP contribution < -0.4 is 0 Å². The Bertz CT molecular complexity index is 1200. The van der Waals surface area contributed by atoms with Crippen molar-refractivity contribution < 1.29 is 0 Å². The number of aromatic nitrogens is 6. The van der Waals surface area contributed by atoms with Gasteiger partial charge in [-0.05, 0) is 35.0 Å². The van der Waals surface area contributed by atoms with Crippen LogP contribution in [-0.4, -0.2) is 30.0 Å². The maximum Gasteiger partial charge on any atom is 0.209 e. The number of nitrogens with one attached hydrogen (secondary N) is 1. The van der Waals surface area contributed by atoms with Gasteiger partial charge in [0.1, 0.15) is 4.64 Å². The molecule has 0 aliphatic carbocycles. The first-order valence-electron chi connectivity index (χ1n) is 7.98. The van der Waals surface area contributed by atoms with E-state index in [1.165, 1.54) is 4.80 Å². The maximum atomic E-state index is 8.86. The maximum absolute atomic E-state index is 8.86. The van der Waals surface area contributed by atoms with E-state index in [1.807, 2.05) is 30.3 Å². The van der Waals surface area contributed by atoms with Gasteiger partial charge in [-0.2, -0.15) is 10.1 Å². The Morgan fingerprint density at radius 3 is 2.67 bits per heavy atom. The summed E-state index contributed by atoms with van der Waals surface area (Å²) >= 11 is 11.8. The Labute approximate surface area is 164 Å². The van der Waals surface area contributed by atoms with Gasteiger partial charge in [0.2, 0.25) is 5.82 Å². The van der Waals surface area contributed by atoms with E-state index in [4.69, 9.17) is 29.1 Å². The zero-order chi connectivity index (χ0) is 18.8. The second-order valence-electron chi connectivity index (χ2n) is 5.73. The minimum atomic E-state index is 0.427. The van der Waals surface area contributed by atoms with Crippen LogP contribution in [0.1, 0.15) is 11.1 Å². The van der Waals surface area contributed by atoms with Gasteiger partial charge in [0.05, 0.1) is 34.5 Å². The number of rotatable bonds is 4. The monoisotopic (exact) mass is 393 g/mol. The normalized spacial score (nSPS) is 10.7. The highest BCUT2D eigenvalue weighted by atomic mass is 35.5. The molecule has 7 nitrogen and oxygen atoms in total. The first-order valence-corrected chi connectivity index (χ1v) is 8.77. The zero-order valence-corrected chi connectivity index (χ0v) is 15.4. The number of benzene rings is 2. The Morgan fingerprint density at radius 2 is 1.93 bits per heavy atom. The second-order valence-corrected chi connectivity index (χ2v) is 6.53. The molecule has 2 heterocycles. The number of nitrogens with zero attached hydrogens (tertiary/aromatic N) is 6. The van der Waals surface area contributed by atoms with Crippen LogP contribution in [-0.2, 0) is 6.54 Å². The molecule has 0 bridgehead atoms. The molecule has 0 amide bonds. The lowest BCUT2D eigenvalue weighted by atomic mass is 10.1. The van der Waals surface area contributed by atoms with Crippen LogP contribution in [0.25, 0.3) is 17.1 Å². The van der Waals surface area contributed by atoms with Crippen LogP contribution in [0, 0.1) is 16.0 Å². The summed E-state index contributed by atoms with van der Waals surface area (Å²) in [5, 5.41) is 25.1. The Hall–Kier alpha value is -3.28. The topological polar surface area (TPSA) is 88.1 Å². The van der Waals surface area contributed by atoms with Gasteiger partial charge >= 0.3 is 0 Å². The summed E-state index contributed by atoms with van der Waals surface area (Å²) in [6.07, 6.45) is 1.73. The molecule has 132 valence electrons. The van der Waals surface area contributed by atoms with E-state index in [0.29, 0.717) is 33.2 Å². The Balaban J connectivity index is 1.61. The first kappa shape index (κ1) is 17.1. The predicted octanol–water partition coefficient (Wildman–Crippen LogP) is 3.76. The van der Waals surface area contributed by atoms with Crippen LogP contribution in [0.4, 0.5) is 0 Å². The summed E-state index contributed by atoms with van der Waals surface area (Å²) in [5.74, 6) is 0.427. The highest BCUT2D eigenvalue weighted by Crippen LogP contribution is 2.23. The fourth-order valence-electron chi connectivity index (χ4n) is 2.61. The van der Waals surface area contributed by atoms with Crippen molar-refractivity contribution in [1.29, 1.82) is 5.26 Å². The summed E-state index contributed by atoms with van der Waals surface area (Å²) in [4.78, 5) is 1.48. The molecule has 0 unspecified atom stereocenters. The summed E-state index contributed by atoms with van der Waals surface area (Å²) < 4.78 is 2.22. The lowest BCUT2D eigenvalue weighted by Crippen LogP contribution is -2.04. The molecule has 0 fully saturated rings. The zero-order valence-electron chi connectivity index (χ0n) is 13.9. The van der Waals surface area contributed by atoms with Crippen molar-refractivity contribution >= 4 is 23.8 Å². The summed E-state index contributed by atoms with van der Waals surface area (Å²) in [6, 6.07) is 16.7. The number of aromatic amines is 1. The largest absolute Gasteiger partial charge is 0.299 e. The SMILES string of the molecule is N#Cc1ccc(Cn2nnc(-c3c[nH]n(-c4ccccc4Cl)c3=S)n2)cc1. The Morgan fingerprint density at radius 1 is 1.15 bits per heavy atom. The Kier molecular flexibility index (Phi) is 4.54. The number of para-hydroxylation sites is 1. The smallest absolute Gasteiger partial charge is 0.209 e. The van der Waals surface area contributed by atoms with Gasteiger partial charge in [-0.15, -0.1) is 10.2 Å². The number of H-pyrrole nitrogens is 1. The molecule has 1 N–H and O–H groups in total. The first-order chi connectivity index (χ1) is 13.2. The number of tetrazole rings is 1. The number of halogens is 1. The predicted molar refractivity (Wildman–Crippen MR) is 103 cm³/mol. The van der Waals surface area contributed by atoms with Gasteiger partial charge in [-0.1, -0.05) is 48.1 Å². The lowest BCUT2D eigenvalue weighted by Gasteiger charge is -2.04. The average molecular weight is 394 g/mol. The van der Waals surface area contributed by atoms with E-state index < -0.39 is 0 Å². The van der Waals surface area contributed by atoms with E-state index in [9.17, 15) is 0 Å². The van der Waals surface area contributed by atoms with Crippen LogP contribution >= 0.6 is 23.8 Å². The molecular weight excluding hydrogens is 382 g/mol. The van der Waals surface area contributed by atoms with Crippen molar-refractivity contribution in [3.63, 3.8) is 0 Å². The second kappa shape index (κ2) is 7.15. The van der Waals surface area contributed by atoms with Gasteiger partial charge in [-0.25, -0.2) is 4.68 Å². The molecule has 27 heavy (non-hydrogen) atoms. The molecule has 0 aliphatic heterocycles. The molecule has 0 saturated heterocycles. The number of hydrogen-bond acceptors (Lipinski definition) is 5. The number of nitriles is 1. The van der Waals surface area contributed by atoms with Crippen LogP contribution in [0.5, 0.6) is 0 Å². The summed E-state index contributed by atoms with van der Waals surface area (Å²) in [7, 11) is 0. The molecule has 0 spiro atoms. The minimum Gasteiger partial charge on any atom is -0.299 e. The minimum absolute atomic E-state index is 0.427. The van der Waals surface area contributed by atoms with Crippen molar-refractivity contribution in [3.8, 4) is 23.1 Å². The van der Waals surface area contributed by atoms with Crippen molar-refractivity contribution in [2.45, 2.75) is 6.54 Å². The molecule has 0 aliphatic rings. The van der Waals surface area contributed by atoms with Gasteiger partial charge in [0.15, 0.2) is 0 Å². The molecule has 2 aromatic heterocycles. The van der Waals surface area contributed by atoms with E-state index >= 15 is 0 Å². The standard InChI is InChI=1S/C18H12ClN7S/c19-15-3-1-2-4-16(15)26-18(27)14(10-21-26)17-22-24-25(23-17)11-13-7-5-12(9-20)6-8-13/h1-8,10,21H,11H2. The molecular formula is C18H12ClN7S. The fraction of sp³-hybridized carbons (Fsp3) is 0.0556. The van der Waals surface area contributed by atoms with E-state index in [0.717, 1.165) is 11.3 Å². The van der Waals surface area contributed by atoms with E-state index in [1.54, 1.807) is 29.1 Å². The van der Waals surface area contributed by atoms with Crippen molar-refractivity contribution in [2.24, 2.45) is 0 Å². The van der Waals surface area contributed by atoms with Gasteiger partial charge in [-0.3, -0.25) is 5.10 Å². The highest BCUT2D eigenvalue weighted by Gasteiger charge is 2.13. The average Bonchev–Trinajstić information content (AvgIpc) is 3.29. The fourth-order valence-corrected chi connectivity index (χ4v) is 3.13. The number of hydrogen-bond donors (Lipinski definition) is 1. The highest BCUT2D eigenvalue weighted by molar-refractivity contribution is 7.71. The molecule has 0 saturated carbocycles. The molecule has 4 aromatic rings. The molecule has 2 aromatic carbocycles. The van der Waals surface area contributed by atoms with Crippen LogP contribution in [0.3, 0.4) is 0 Å². The third kappa shape index (κ3) is 3.38. The third-order valence-corrected chi connectivity index (χ3v) is 4.69. The van der Waals surface area contributed by atoms with Crippen LogP contribution in [0.15, 0.2) is 54.7 Å². The van der Waals surface area contributed by atoms with Crippen molar-refractivity contribution in [3.05, 3.63) is 75.5 Å². The van der Waals surface area contributed by atoms with Gasteiger partial charge < -0.3 is 0 Å². The summed E-state index contributed by atoms with van der Waals surface area (Å²) in [6.45, 7) is 0.445. The van der Waals surface area contributed by atoms with Crippen LogP contribution in [0.2, 0.25) is 5.02 Å². The van der Waals surface area contributed by atoms with Gasteiger partial charge in [0, 0.05) is 6.20 Å². The third-order valence-electron chi connectivity index (χ3n) is 3.97. The molecule has 9 heteroatoms. The van der Waals surface area contributed by atoms with E-state index in [-0.39, 0.29) is 0 Å². The molecule has 0 radical (unpaired) electrons. The van der Waals surface area contributed by atoms with E-state index in [2.05, 4.69) is 26.6 Å². The molecule has 0 atom stereocenters. The van der Waals surface area contributed by atoms with Gasteiger partial charge in [0.25, 0.3) is 0 Å².